The number of benzene rings is 2. The number of carbonyl (C=O) groups is 1. The fourth-order valence-corrected chi connectivity index (χ4v) is 3.89. The van der Waals surface area contributed by atoms with Crippen LogP contribution >= 0.6 is 11.8 Å². The van der Waals surface area contributed by atoms with Crippen molar-refractivity contribution in [2.75, 3.05) is 5.32 Å². The molecular weight excluding hydrogens is 368 g/mol. The summed E-state index contributed by atoms with van der Waals surface area (Å²) in [6, 6.07) is 17.8. The van der Waals surface area contributed by atoms with Crippen LogP contribution in [0.5, 0.6) is 0 Å². The molecule has 0 bridgehead atoms. The number of nitrogens with one attached hydrogen (secondary N) is 1. The van der Waals surface area contributed by atoms with Gasteiger partial charge in [-0.3, -0.25) is 14.3 Å². The van der Waals surface area contributed by atoms with E-state index < -0.39 is 0 Å². The molecule has 0 saturated carbocycles. The molecule has 1 atom stereocenters. The second kappa shape index (κ2) is 7.86. The van der Waals surface area contributed by atoms with Gasteiger partial charge < -0.3 is 5.32 Å². The number of amides is 1. The van der Waals surface area contributed by atoms with E-state index >= 15 is 0 Å². The summed E-state index contributed by atoms with van der Waals surface area (Å²) in [6.07, 6.45) is 5.42. The highest BCUT2D eigenvalue weighted by molar-refractivity contribution is 8.00. The third-order valence-corrected chi connectivity index (χ3v) is 5.52. The van der Waals surface area contributed by atoms with Crippen molar-refractivity contribution in [3.8, 4) is 5.69 Å². The van der Waals surface area contributed by atoms with Crippen molar-refractivity contribution >= 4 is 34.3 Å². The molecule has 0 aliphatic carbocycles. The molecule has 0 saturated heterocycles. The van der Waals surface area contributed by atoms with Gasteiger partial charge in [-0.2, -0.15) is 0 Å². The predicted molar refractivity (Wildman–Crippen MR) is 114 cm³/mol. The van der Waals surface area contributed by atoms with Gasteiger partial charge in [-0.05, 0) is 55.8 Å². The number of aromatic nitrogens is 3. The first kappa shape index (κ1) is 18.3. The van der Waals surface area contributed by atoms with E-state index in [1.807, 2.05) is 60.2 Å². The maximum absolute atomic E-state index is 12.8. The molecule has 6 heteroatoms. The number of hydrogen-bond donors (Lipinski definition) is 1. The van der Waals surface area contributed by atoms with E-state index in [-0.39, 0.29) is 11.2 Å². The van der Waals surface area contributed by atoms with E-state index in [0.717, 1.165) is 27.4 Å². The van der Waals surface area contributed by atoms with E-state index in [1.165, 1.54) is 17.3 Å². The summed E-state index contributed by atoms with van der Waals surface area (Å²) in [5.41, 5.74) is 3.84. The van der Waals surface area contributed by atoms with Crippen molar-refractivity contribution in [1.82, 2.24) is 14.5 Å². The van der Waals surface area contributed by atoms with E-state index in [4.69, 9.17) is 0 Å². The molecule has 0 aliphatic heterocycles. The number of aryl methyl sites for hydroxylation is 1. The van der Waals surface area contributed by atoms with Crippen molar-refractivity contribution in [1.29, 1.82) is 0 Å². The molecule has 5 nitrogen and oxygen atoms in total. The lowest BCUT2D eigenvalue weighted by atomic mass is 10.2. The average molecular weight is 388 g/mol. The zero-order valence-electron chi connectivity index (χ0n) is 15.7. The van der Waals surface area contributed by atoms with Gasteiger partial charge in [-0.1, -0.05) is 30.0 Å². The molecule has 1 unspecified atom stereocenters. The predicted octanol–water partition coefficient (Wildman–Crippen LogP) is 4.85. The molecule has 0 fully saturated rings. The molecule has 2 heterocycles. The van der Waals surface area contributed by atoms with Crippen LogP contribution < -0.4 is 5.32 Å². The number of thioether (sulfide) groups is 1. The molecule has 0 spiro atoms. The summed E-state index contributed by atoms with van der Waals surface area (Å²) < 4.78 is 2.00. The molecule has 0 aliphatic rings. The quantitative estimate of drug-likeness (QED) is 0.497. The van der Waals surface area contributed by atoms with E-state index in [2.05, 4.69) is 34.3 Å². The van der Waals surface area contributed by atoms with Crippen molar-refractivity contribution in [3.05, 3.63) is 78.8 Å². The number of hydrogen-bond acceptors (Lipinski definition) is 4. The highest BCUT2D eigenvalue weighted by Crippen LogP contribution is 2.27. The van der Waals surface area contributed by atoms with Crippen LogP contribution in [0, 0.1) is 6.92 Å². The van der Waals surface area contributed by atoms with Gasteiger partial charge in [0, 0.05) is 29.7 Å². The lowest BCUT2D eigenvalue weighted by Gasteiger charge is -2.14. The Morgan fingerprint density at radius 3 is 2.79 bits per heavy atom. The van der Waals surface area contributed by atoms with Crippen molar-refractivity contribution in [2.45, 2.75) is 24.3 Å². The molecule has 2 aromatic heterocycles. The minimum atomic E-state index is -0.308. The summed E-state index contributed by atoms with van der Waals surface area (Å²) >= 11 is 1.43. The normalized spacial score (nSPS) is 12.1. The van der Waals surface area contributed by atoms with Gasteiger partial charge in [0.25, 0.3) is 0 Å². The smallest absolute Gasteiger partial charge is 0.237 e. The van der Waals surface area contributed by atoms with Crippen LogP contribution in [0.25, 0.3) is 16.6 Å². The number of imidazole rings is 1. The largest absolute Gasteiger partial charge is 0.324 e. The van der Waals surface area contributed by atoms with Crippen molar-refractivity contribution < 1.29 is 4.79 Å². The van der Waals surface area contributed by atoms with Crippen LogP contribution in [0.15, 0.2) is 78.3 Å². The van der Waals surface area contributed by atoms with Crippen LogP contribution in [-0.4, -0.2) is 25.7 Å². The Morgan fingerprint density at radius 1 is 1.07 bits per heavy atom. The Kier molecular flexibility index (Phi) is 5.12. The van der Waals surface area contributed by atoms with Crippen molar-refractivity contribution in [2.24, 2.45) is 0 Å². The highest BCUT2D eigenvalue weighted by Gasteiger charge is 2.18. The van der Waals surface area contributed by atoms with Crippen LogP contribution in [0.1, 0.15) is 12.5 Å². The fourth-order valence-electron chi connectivity index (χ4n) is 3.01. The molecular formula is C22H20N4OS. The van der Waals surface area contributed by atoms with Gasteiger partial charge in [-0.25, -0.2) is 4.98 Å². The molecule has 2 aromatic carbocycles. The molecule has 28 heavy (non-hydrogen) atoms. The summed E-state index contributed by atoms with van der Waals surface area (Å²) in [5.74, 6) is -0.0693. The first-order valence-electron chi connectivity index (χ1n) is 9.03. The average Bonchev–Trinajstić information content (AvgIpc) is 3.16. The van der Waals surface area contributed by atoms with Crippen LogP contribution in [0.3, 0.4) is 0 Å². The van der Waals surface area contributed by atoms with Crippen LogP contribution in [0.4, 0.5) is 5.69 Å². The molecule has 1 N–H and O–H groups in total. The van der Waals surface area contributed by atoms with Gasteiger partial charge in [-0.15, -0.1) is 0 Å². The molecule has 1 amide bonds. The van der Waals surface area contributed by atoms with Gasteiger partial charge >= 0.3 is 0 Å². The van der Waals surface area contributed by atoms with E-state index in [1.54, 1.807) is 12.4 Å². The molecule has 4 rings (SSSR count). The van der Waals surface area contributed by atoms with Gasteiger partial charge in [0.2, 0.25) is 5.91 Å². The van der Waals surface area contributed by atoms with E-state index in [9.17, 15) is 4.79 Å². The monoisotopic (exact) mass is 388 g/mol. The van der Waals surface area contributed by atoms with Crippen molar-refractivity contribution in [3.63, 3.8) is 0 Å². The maximum atomic E-state index is 12.8. The summed E-state index contributed by atoms with van der Waals surface area (Å²) in [6.45, 7) is 3.95. The number of pyridine rings is 1. The molecule has 0 radical (unpaired) electrons. The third-order valence-electron chi connectivity index (χ3n) is 4.44. The minimum absolute atomic E-state index is 0.0693. The maximum Gasteiger partial charge on any atom is 0.237 e. The minimum Gasteiger partial charge on any atom is -0.324 e. The number of rotatable bonds is 5. The van der Waals surface area contributed by atoms with Gasteiger partial charge in [0.15, 0.2) is 5.16 Å². The second-order valence-corrected chi connectivity index (χ2v) is 7.85. The first-order valence-corrected chi connectivity index (χ1v) is 9.91. The molecule has 140 valence electrons. The topological polar surface area (TPSA) is 59.8 Å². The standard InChI is InChI=1S/C22H20N4OS/c1-15-6-3-7-17(14-15)26-13-12-24-22(26)28-16(2)21(27)25-20-10-4-9-19-18(20)8-5-11-23-19/h3-14,16H,1-2H3,(H,25,27). The highest BCUT2D eigenvalue weighted by atomic mass is 32.2. The van der Waals surface area contributed by atoms with E-state index in [0.29, 0.717) is 0 Å². The lowest BCUT2D eigenvalue weighted by molar-refractivity contribution is -0.115. The number of carbonyl (C=O) groups excluding carboxylic acids is 1. The Hall–Kier alpha value is -3.12. The Balaban J connectivity index is 1.52. The molecule has 4 aromatic rings. The first-order chi connectivity index (χ1) is 13.6. The SMILES string of the molecule is Cc1cccc(-n2ccnc2SC(C)C(=O)Nc2cccc3ncccc23)c1. The van der Waals surface area contributed by atoms with Gasteiger partial charge in [0.1, 0.15) is 0 Å². The Labute approximate surface area is 167 Å². The fraction of sp³-hybridized carbons (Fsp3) is 0.136. The van der Waals surface area contributed by atoms with Crippen LogP contribution in [-0.2, 0) is 4.79 Å². The zero-order valence-corrected chi connectivity index (χ0v) is 16.5. The lowest BCUT2D eigenvalue weighted by Crippen LogP contribution is -2.23. The Bertz CT molecular complexity index is 1130. The number of anilines is 1. The summed E-state index contributed by atoms with van der Waals surface area (Å²) in [4.78, 5) is 21.6. The van der Waals surface area contributed by atoms with Crippen LogP contribution in [0.2, 0.25) is 0 Å². The summed E-state index contributed by atoms with van der Waals surface area (Å²) in [5, 5.41) is 4.43. The number of nitrogens with zero attached hydrogens (tertiary/aromatic N) is 3. The van der Waals surface area contributed by atoms with Gasteiger partial charge in [0.05, 0.1) is 16.5 Å². The second-order valence-electron chi connectivity index (χ2n) is 6.54. The third kappa shape index (κ3) is 3.77. The summed E-state index contributed by atoms with van der Waals surface area (Å²) in [7, 11) is 0. The Morgan fingerprint density at radius 2 is 1.93 bits per heavy atom. The number of fused-ring (bicyclic) bond motifs is 1. The zero-order chi connectivity index (χ0) is 19.5.